The first-order valence-corrected chi connectivity index (χ1v) is 10.4. The van der Waals surface area contributed by atoms with Crippen LogP contribution in [0.4, 0.5) is 0 Å². The van der Waals surface area contributed by atoms with Crippen molar-refractivity contribution in [2.75, 3.05) is 7.11 Å². The lowest BCUT2D eigenvalue weighted by Gasteiger charge is -2.45. The van der Waals surface area contributed by atoms with E-state index in [0.717, 1.165) is 35.6 Å². The Bertz CT molecular complexity index is 1030. The predicted molar refractivity (Wildman–Crippen MR) is 117 cm³/mol. The number of hydrogen-bond acceptors (Lipinski definition) is 5. The molecular weight excluding hydrogens is 400 g/mol. The first kappa shape index (κ1) is 20.8. The molecule has 0 saturated carbocycles. The normalized spacial score (nSPS) is 18.3. The van der Waals surface area contributed by atoms with Crippen LogP contribution in [0, 0.1) is 0 Å². The van der Waals surface area contributed by atoms with Crippen LogP contribution in [0.2, 0.25) is 5.02 Å². The number of nitrogens with zero attached hydrogens (tertiary/aromatic N) is 4. The van der Waals surface area contributed by atoms with Gasteiger partial charge in [0.25, 0.3) is 0 Å². The number of methoxy groups -OCH3 is 1. The number of halogens is 1. The van der Waals surface area contributed by atoms with Crippen LogP contribution in [0.5, 0.6) is 5.88 Å². The van der Waals surface area contributed by atoms with Crippen molar-refractivity contribution in [2.24, 2.45) is 0 Å². The van der Waals surface area contributed by atoms with E-state index in [1.807, 2.05) is 24.3 Å². The van der Waals surface area contributed by atoms with Gasteiger partial charge in [-0.1, -0.05) is 11.6 Å². The molecule has 0 bridgehead atoms. The van der Waals surface area contributed by atoms with Crippen LogP contribution in [0.3, 0.4) is 0 Å². The van der Waals surface area contributed by atoms with Crippen LogP contribution < -0.4 is 4.74 Å². The summed E-state index contributed by atoms with van der Waals surface area (Å²) in [5, 5.41) is 0.689. The molecule has 158 valence electrons. The fourth-order valence-electron chi connectivity index (χ4n) is 4.52. The van der Waals surface area contributed by atoms with Gasteiger partial charge in [-0.25, -0.2) is 15.0 Å². The second-order valence-electron chi connectivity index (χ2n) is 9.01. The average molecular weight is 427 g/mol. The Hall–Kier alpha value is -2.44. The summed E-state index contributed by atoms with van der Waals surface area (Å²) in [5.74, 6) is 1.50. The summed E-state index contributed by atoms with van der Waals surface area (Å²) in [7, 11) is 1.60. The minimum atomic E-state index is -0.218. The minimum Gasteiger partial charge on any atom is -0.480 e. The quantitative estimate of drug-likeness (QED) is 0.555. The molecule has 30 heavy (non-hydrogen) atoms. The topological polar surface area (TPSA) is 62.1 Å². The summed E-state index contributed by atoms with van der Waals surface area (Å²) in [5.41, 5.74) is 2.29. The zero-order valence-electron chi connectivity index (χ0n) is 18.0. The Morgan fingerprint density at radius 3 is 2.40 bits per heavy atom. The zero-order chi connectivity index (χ0) is 21.5. The highest BCUT2D eigenvalue weighted by Gasteiger charge is 2.41. The fraction of sp³-hybridized carbons (Fsp3) is 0.435. The first-order chi connectivity index (χ1) is 14.2. The molecule has 0 aliphatic carbocycles. The fourth-order valence-corrected chi connectivity index (χ4v) is 4.64. The van der Waals surface area contributed by atoms with Crippen LogP contribution in [0.1, 0.15) is 52.1 Å². The van der Waals surface area contributed by atoms with Gasteiger partial charge in [-0.05, 0) is 64.8 Å². The van der Waals surface area contributed by atoms with Crippen molar-refractivity contribution in [3.8, 4) is 23.0 Å². The summed E-state index contributed by atoms with van der Waals surface area (Å²) in [6.45, 7) is 8.58. The molecule has 0 unspecified atom stereocenters. The third-order valence-electron chi connectivity index (χ3n) is 5.39. The monoisotopic (exact) mass is 426 g/mol. The van der Waals surface area contributed by atoms with Gasteiger partial charge >= 0.3 is 0 Å². The SMILES string of the molecule is COc1ncncc1-c1nc(C2CC(C)(C)OC(C)(C)C2)cn1-c1ccc(Cl)cc1. The van der Waals surface area contributed by atoms with E-state index in [0.29, 0.717) is 10.9 Å². The van der Waals surface area contributed by atoms with Crippen LogP contribution in [0.25, 0.3) is 17.1 Å². The summed E-state index contributed by atoms with van der Waals surface area (Å²) in [6.07, 6.45) is 7.11. The third-order valence-corrected chi connectivity index (χ3v) is 5.64. The maximum atomic E-state index is 6.28. The van der Waals surface area contributed by atoms with E-state index in [4.69, 9.17) is 26.1 Å². The summed E-state index contributed by atoms with van der Waals surface area (Å²) in [6, 6.07) is 7.70. The van der Waals surface area contributed by atoms with E-state index in [1.165, 1.54) is 6.33 Å². The van der Waals surface area contributed by atoms with Gasteiger partial charge in [-0.15, -0.1) is 0 Å². The molecule has 2 aromatic heterocycles. The molecule has 1 saturated heterocycles. The van der Waals surface area contributed by atoms with Gasteiger partial charge in [0.2, 0.25) is 5.88 Å². The highest BCUT2D eigenvalue weighted by Crippen LogP contribution is 2.44. The van der Waals surface area contributed by atoms with Gasteiger partial charge in [-0.2, -0.15) is 0 Å². The molecule has 1 aromatic carbocycles. The number of ether oxygens (including phenoxy) is 2. The van der Waals surface area contributed by atoms with E-state index in [1.54, 1.807) is 13.3 Å². The maximum Gasteiger partial charge on any atom is 0.227 e. The molecule has 0 amide bonds. The molecule has 6 nitrogen and oxygen atoms in total. The second kappa shape index (κ2) is 7.67. The number of imidazole rings is 1. The van der Waals surface area contributed by atoms with Crippen molar-refractivity contribution in [3.05, 3.63) is 53.7 Å². The lowest BCUT2D eigenvalue weighted by Crippen LogP contribution is -2.44. The average Bonchev–Trinajstić information content (AvgIpc) is 3.11. The lowest BCUT2D eigenvalue weighted by atomic mass is 9.79. The first-order valence-electron chi connectivity index (χ1n) is 10.1. The van der Waals surface area contributed by atoms with E-state index in [2.05, 4.69) is 48.4 Å². The molecule has 1 fully saturated rings. The number of hydrogen-bond donors (Lipinski definition) is 0. The van der Waals surface area contributed by atoms with Crippen molar-refractivity contribution in [1.82, 2.24) is 19.5 Å². The van der Waals surface area contributed by atoms with Crippen LogP contribution >= 0.6 is 11.6 Å². The van der Waals surface area contributed by atoms with Crippen molar-refractivity contribution in [1.29, 1.82) is 0 Å². The third kappa shape index (κ3) is 4.20. The molecule has 7 heteroatoms. The highest BCUT2D eigenvalue weighted by atomic mass is 35.5. The van der Waals surface area contributed by atoms with Gasteiger partial charge in [0.05, 0.1) is 29.6 Å². The smallest absolute Gasteiger partial charge is 0.227 e. The van der Waals surface area contributed by atoms with E-state index < -0.39 is 0 Å². The maximum absolute atomic E-state index is 6.28. The zero-order valence-corrected chi connectivity index (χ0v) is 18.8. The Morgan fingerprint density at radius 2 is 1.77 bits per heavy atom. The predicted octanol–water partition coefficient (Wildman–Crippen LogP) is 5.44. The van der Waals surface area contributed by atoms with Gasteiger partial charge in [0, 0.05) is 29.0 Å². The summed E-state index contributed by atoms with van der Waals surface area (Å²) < 4.78 is 13.8. The molecule has 3 aromatic rings. The Labute approximate surface area is 182 Å². The van der Waals surface area contributed by atoms with E-state index in [9.17, 15) is 0 Å². The van der Waals surface area contributed by atoms with E-state index >= 15 is 0 Å². The number of aromatic nitrogens is 4. The van der Waals surface area contributed by atoms with Crippen LogP contribution in [-0.4, -0.2) is 37.8 Å². The van der Waals surface area contributed by atoms with Gasteiger partial charge in [-0.3, -0.25) is 4.57 Å². The van der Waals surface area contributed by atoms with Crippen molar-refractivity contribution in [2.45, 2.75) is 57.7 Å². The van der Waals surface area contributed by atoms with Crippen LogP contribution in [-0.2, 0) is 4.74 Å². The highest BCUT2D eigenvalue weighted by molar-refractivity contribution is 6.30. The summed E-state index contributed by atoms with van der Waals surface area (Å²) in [4.78, 5) is 13.5. The van der Waals surface area contributed by atoms with Gasteiger partial charge < -0.3 is 9.47 Å². The molecule has 1 aliphatic rings. The standard InChI is InChI=1S/C23H27ClN4O2/c1-22(2)10-15(11-23(3,4)30-22)19-13-28(17-8-6-16(24)7-9-17)20(27-19)18-12-25-14-26-21(18)29-5/h6-9,12-15H,10-11H2,1-5H3. The van der Waals surface area contributed by atoms with Crippen molar-refractivity contribution in [3.63, 3.8) is 0 Å². The largest absolute Gasteiger partial charge is 0.480 e. The minimum absolute atomic E-state index is 0.218. The molecule has 0 atom stereocenters. The number of rotatable bonds is 4. The molecule has 3 heterocycles. The molecular formula is C23H27ClN4O2. The van der Waals surface area contributed by atoms with Crippen molar-refractivity contribution >= 4 is 11.6 Å². The molecule has 4 rings (SSSR count). The molecule has 1 aliphatic heterocycles. The second-order valence-corrected chi connectivity index (χ2v) is 9.44. The number of benzene rings is 1. The molecule has 0 radical (unpaired) electrons. The van der Waals surface area contributed by atoms with Crippen LogP contribution in [0.15, 0.2) is 43.0 Å². The summed E-state index contributed by atoms with van der Waals surface area (Å²) >= 11 is 6.11. The lowest BCUT2D eigenvalue weighted by molar-refractivity contribution is -0.162. The Kier molecular flexibility index (Phi) is 5.32. The Morgan fingerprint density at radius 1 is 1.10 bits per heavy atom. The van der Waals surface area contributed by atoms with Crippen molar-refractivity contribution < 1.29 is 9.47 Å². The molecule has 0 spiro atoms. The molecule has 0 N–H and O–H groups in total. The van der Waals surface area contributed by atoms with Gasteiger partial charge in [0.1, 0.15) is 6.33 Å². The van der Waals surface area contributed by atoms with Gasteiger partial charge in [0.15, 0.2) is 5.82 Å². The Balaban J connectivity index is 1.85. The van der Waals surface area contributed by atoms with E-state index in [-0.39, 0.29) is 17.1 Å².